The molecule has 5 heteroatoms. The Labute approximate surface area is 112 Å². The highest BCUT2D eigenvalue weighted by Gasteiger charge is 2.07. The minimum atomic E-state index is -0.0538. The first kappa shape index (κ1) is 14.6. The summed E-state index contributed by atoms with van der Waals surface area (Å²) in [6.07, 6.45) is 1.08. The Kier molecular flexibility index (Phi) is 6.36. The number of methoxy groups -OCH3 is 1. The summed E-state index contributed by atoms with van der Waals surface area (Å²) in [5, 5.41) is 2.79. The van der Waals surface area contributed by atoms with Gasteiger partial charge in [0.15, 0.2) is 11.5 Å². The number of nitrogens with one attached hydrogen (secondary N) is 1. The molecule has 0 bridgehead atoms. The Morgan fingerprint density at radius 1 is 1.39 bits per heavy atom. The van der Waals surface area contributed by atoms with Gasteiger partial charge in [0.2, 0.25) is 5.91 Å². The van der Waals surface area contributed by atoms with E-state index in [1.165, 1.54) is 0 Å². The number of amides is 1. The third-order valence-corrected chi connectivity index (χ3v) is 2.55. The number of benzene rings is 1. The summed E-state index contributed by atoms with van der Waals surface area (Å²) < 4.78 is 10.6. The van der Waals surface area contributed by atoms with Crippen LogP contribution in [0.1, 0.15) is 19.8 Å². The van der Waals surface area contributed by atoms with Gasteiger partial charge in [-0.2, -0.15) is 0 Å². The smallest absolute Gasteiger partial charge is 0.224 e. The number of ether oxygens (including phenoxy) is 2. The van der Waals surface area contributed by atoms with E-state index in [4.69, 9.17) is 21.1 Å². The van der Waals surface area contributed by atoms with Gasteiger partial charge in [-0.15, -0.1) is 11.6 Å². The number of rotatable bonds is 7. The van der Waals surface area contributed by atoms with Gasteiger partial charge < -0.3 is 14.8 Å². The molecule has 0 heterocycles. The molecule has 1 aromatic rings. The lowest BCUT2D eigenvalue weighted by Gasteiger charge is -2.11. The molecule has 100 valence electrons. The van der Waals surface area contributed by atoms with Gasteiger partial charge in [-0.3, -0.25) is 4.79 Å². The van der Waals surface area contributed by atoms with Crippen LogP contribution >= 0.6 is 11.6 Å². The van der Waals surface area contributed by atoms with Crippen molar-refractivity contribution in [2.24, 2.45) is 0 Å². The van der Waals surface area contributed by atoms with E-state index in [2.05, 4.69) is 5.32 Å². The normalized spacial score (nSPS) is 9.94. The summed E-state index contributed by atoms with van der Waals surface area (Å²) in [6.45, 7) is 2.47. The molecule has 1 rings (SSSR count). The zero-order chi connectivity index (χ0) is 13.4. The molecular weight excluding hydrogens is 254 g/mol. The van der Waals surface area contributed by atoms with Crippen LogP contribution in [0.5, 0.6) is 11.5 Å². The third kappa shape index (κ3) is 4.45. The van der Waals surface area contributed by atoms with Crippen molar-refractivity contribution in [3.05, 3.63) is 18.2 Å². The predicted molar refractivity (Wildman–Crippen MR) is 72.7 cm³/mol. The molecule has 0 aromatic heterocycles. The highest BCUT2D eigenvalue weighted by molar-refractivity contribution is 6.18. The first-order chi connectivity index (χ1) is 8.71. The van der Waals surface area contributed by atoms with Crippen molar-refractivity contribution >= 4 is 23.2 Å². The summed E-state index contributed by atoms with van der Waals surface area (Å²) in [5.41, 5.74) is 0.690. The molecule has 0 aliphatic carbocycles. The molecule has 4 nitrogen and oxygen atoms in total. The van der Waals surface area contributed by atoms with Gasteiger partial charge in [0, 0.05) is 24.1 Å². The minimum Gasteiger partial charge on any atom is -0.493 e. The summed E-state index contributed by atoms with van der Waals surface area (Å²) in [6, 6.07) is 5.30. The van der Waals surface area contributed by atoms with Gasteiger partial charge in [-0.25, -0.2) is 0 Å². The first-order valence-electron chi connectivity index (χ1n) is 5.88. The fourth-order valence-corrected chi connectivity index (χ4v) is 1.60. The number of alkyl halides is 1. The van der Waals surface area contributed by atoms with Crippen LogP contribution in [0.4, 0.5) is 5.69 Å². The molecule has 1 aromatic carbocycles. The van der Waals surface area contributed by atoms with E-state index in [0.717, 1.165) is 0 Å². The summed E-state index contributed by atoms with van der Waals surface area (Å²) >= 11 is 5.54. The molecule has 1 amide bonds. The van der Waals surface area contributed by atoms with Crippen molar-refractivity contribution in [2.45, 2.75) is 19.8 Å². The maximum atomic E-state index is 11.5. The van der Waals surface area contributed by atoms with Crippen LogP contribution in [0.25, 0.3) is 0 Å². The maximum Gasteiger partial charge on any atom is 0.224 e. The molecule has 0 radical (unpaired) electrons. The third-order valence-electron chi connectivity index (χ3n) is 2.28. The van der Waals surface area contributed by atoms with Gasteiger partial charge in [0.05, 0.1) is 13.7 Å². The molecule has 0 saturated carbocycles. The highest BCUT2D eigenvalue weighted by Crippen LogP contribution is 2.30. The van der Waals surface area contributed by atoms with Gasteiger partial charge in [-0.05, 0) is 25.5 Å². The molecule has 0 fully saturated rings. The molecular formula is C13H18ClNO3. The van der Waals surface area contributed by atoms with E-state index in [0.29, 0.717) is 42.5 Å². The molecule has 0 unspecified atom stereocenters. The molecule has 0 spiro atoms. The Bertz CT molecular complexity index is 396. The van der Waals surface area contributed by atoms with Crippen LogP contribution in [0, 0.1) is 0 Å². The Balaban J connectivity index is 2.69. The predicted octanol–water partition coefficient (Wildman–Crippen LogP) is 3.05. The number of carbonyl (C=O) groups excluding carboxylic acids is 1. The summed E-state index contributed by atoms with van der Waals surface area (Å²) in [4.78, 5) is 11.5. The quantitative estimate of drug-likeness (QED) is 0.776. The molecule has 0 aliphatic heterocycles. The number of hydrogen-bond donors (Lipinski definition) is 1. The fraction of sp³-hybridized carbons (Fsp3) is 0.462. The summed E-state index contributed by atoms with van der Waals surface area (Å²) in [7, 11) is 1.57. The van der Waals surface area contributed by atoms with Crippen LogP contribution in [-0.4, -0.2) is 25.5 Å². The molecule has 1 N–H and O–H groups in total. The van der Waals surface area contributed by atoms with E-state index in [9.17, 15) is 4.79 Å². The molecule has 0 aliphatic rings. The minimum absolute atomic E-state index is 0.0538. The van der Waals surface area contributed by atoms with Crippen molar-refractivity contribution in [1.29, 1.82) is 0 Å². The average molecular weight is 272 g/mol. The van der Waals surface area contributed by atoms with Gasteiger partial charge in [-0.1, -0.05) is 0 Å². The van der Waals surface area contributed by atoms with E-state index in [-0.39, 0.29) is 5.91 Å². The topological polar surface area (TPSA) is 47.6 Å². The highest BCUT2D eigenvalue weighted by atomic mass is 35.5. The zero-order valence-electron chi connectivity index (χ0n) is 10.7. The van der Waals surface area contributed by atoms with Gasteiger partial charge in [0.1, 0.15) is 0 Å². The second kappa shape index (κ2) is 7.82. The van der Waals surface area contributed by atoms with Crippen molar-refractivity contribution in [3.63, 3.8) is 0 Å². The standard InChI is InChI=1S/C13H18ClNO3/c1-3-18-11-7-6-10(9-12(11)17-2)15-13(16)5-4-8-14/h6-7,9H,3-5,8H2,1-2H3,(H,15,16). The Morgan fingerprint density at radius 2 is 2.17 bits per heavy atom. The van der Waals surface area contributed by atoms with E-state index < -0.39 is 0 Å². The van der Waals surface area contributed by atoms with Crippen molar-refractivity contribution in [3.8, 4) is 11.5 Å². The average Bonchev–Trinajstić information content (AvgIpc) is 2.38. The second-order valence-electron chi connectivity index (χ2n) is 3.64. The molecule has 0 atom stereocenters. The number of halogens is 1. The van der Waals surface area contributed by atoms with Crippen LogP contribution < -0.4 is 14.8 Å². The maximum absolute atomic E-state index is 11.5. The lowest BCUT2D eigenvalue weighted by molar-refractivity contribution is -0.116. The Hall–Kier alpha value is -1.42. The molecule has 18 heavy (non-hydrogen) atoms. The summed E-state index contributed by atoms with van der Waals surface area (Å²) in [5.74, 6) is 1.70. The van der Waals surface area contributed by atoms with Crippen LogP contribution in [0.15, 0.2) is 18.2 Å². The van der Waals surface area contributed by atoms with Crippen LogP contribution in [-0.2, 0) is 4.79 Å². The van der Waals surface area contributed by atoms with Crippen LogP contribution in [0.3, 0.4) is 0 Å². The number of anilines is 1. The number of carbonyl (C=O) groups is 1. The van der Waals surface area contributed by atoms with Crippen molar-refractivity contribution in [2.75, 3.05) is 24.9 Å². The largest absolute Gasteiger partial charge is 0.493 e. The van der Waals surface area contributed by atoms with E-state index >= 15 is 0 Å². The van der Waals surface area contributed by atoms with Gasteiger partial charge in [0.25, 0.3) is 0 Å². The number of hydrogen-bond acceptors (Lipinski definition) is 3. The fourth-order valence-electron chi connectivity index (χ4n) is 1.47. The monoisotopic (exact) mass is 271 g/mol. The Morgan fingerprint density at radius 3 is 2.78 bits per heavy atom. The lowest BCUT2D eigenvalue weighted by Crippen LogP contribution is -2.11. The first-order valence-corrected chi connectivity index (χ1v) is 6.41. The van der Waals surface area contributed by atoms with Crippen molar-refractivity contribution in [1.82, 2.24) is 0 Å². The lowest BCUT2D eigenvalue weighted by atomic mass is 10.2. The van der Waals surface area contributed by atoms with Gasteiger partial charge >= 0.3 is 0 Å². The SMILES string of the molecule is CCOc1ccc(NC(=O)CCCCl)cc1OC. The second-order valence-corrected chi connectivity index (χ2v) is 4.02. The van der Waals surface area contributed by atoms with E-state index in [1.54, 1.807) is 25.3 Å². The van der Waals surface area contributed by atoms with Crippen molar-refractivity contribution < 1.29 is 14.3 Å². The zero-order valence-corrected chi connectivity index (χ0v) is 11.4. The van der Waals surface area contributed by atoms with Crippen LogP contribution in [0.2, 0.25) is 0 Å². The molecule has 0 saturated heterocycles. The van der Waals surface area contributed by atoms with E-state index in [1.807, 2.05) is 6.92 Å².